The number of hydrogen-bond acceptors (Lipinski definition) is 3. The molecule has 0 spiro atoms. The third-order valence-corrected chi connectivity index (χ3v) is 2.62. The summed E-state index contributed by atoms with van der Waals surface area (Å²) >= 11 is 0. The number of nitrogens with one attached hydrogen (secondary N) is 1. The Morgan fingerprint density at radius 1 is 1.00 bits per heavy atom. The molecule has 1 aromatic carbocycles. The first-order valence-corrected chi connectivity index (χ1v) is 5.88. The Morgan fingerprint density at radius 2 is 1.65 bits per heavy atom. The Hall–Kier alpha value is -1.74. The van der Waals surface area contributed by atoms with Crippen molar-refractivity contribution < 1.29 is 0 Å². The van der Waals surface area contributed by atoms with Crippen LogP contribution in [0.1, 0.15) is 18.3 Å². The van der Waals surface area contributed by atoms with Crippen LogP contribution in [0.2, 0.25) is 0 Å². The van der Waals surface area contributed by atoms with Gasteiger partial charge in [-0.3, -0.25) is 0 Å². The van der Waals surface area contributed by atoms with Gasteiger partial charge in [0.05, 0.1) is 6.54 Å². The fourth-order valence-corrected chi connectivity index (χ4v) is 1.58. The Bertz CT molecular complexity index is 460. The molecule has 0 aliphatic heterocycles. The smallest absolute Gasteiger partial charge is 0.141 e. The van der Waals surface area contributed by atoms with E-state index in [1.807, 2.05) is 12.4 Å². The first-order chi connectivity index (χ1) is 8.29. The molecule has 0 amide bonds. The fourth-order valence-electron chi connectivity index (χ4n) is 1.58. The highest BCUT2D eigenvalue weighted by molar-refractivity contribution is 5.61. The van der Waals surface area contributed by atoms with Crippen molar-refractivity contribution in [1.82, 2.24) is 15.3 Å². The molecule has 17 heavy (non-hydrogen) atoms. The van der Waals surface area contributed by atoms with Gasteiger partial charge in [-0.2, -0.15) is 0 Å². The van der Waals surface area contributed by atoms with Crippen LogP contribution in [-0.4, -0.2) is 16.5 Å². The maximum Gasteiger partial charge on any atom is 0.141 e. The number of benzene rings is 1. The number of hydrogen-bond donors (Lipinski definition) is 1. The van der Waals surface area contributed by atoms with Gasteiger partial charge in [-0.1, -0.05) is 36.8 Å². The lowest BCUT2D eigenvalue weighted by Crippen LogP contribution is -2.14. The van der Waals surface area contributed by atoms with E-state index in [0.717, 1.165) is 30.0 Å². The molecule has 2 rings (SSSR count). The lowest BCUT2D eigenvalue weighted by molar-refractivity contribution is 0.690. The molecule has 0 saturated heterocycles. The lowest BCUT2D eigenvalue weighted by Gasteiger charge is -2.03. The highest BCUT2D eigenvalue weighted by atomic mass is 14.9. The first kappa shape index (κ1) is 11.7. The fraction of sp³-hybridized carbons (Fsp3) is 0.286. The Labute approximate surface area is 102 Å². The SMILES string of the molecule is CCNCc1ncc(-c2ccc(C)cc2)cn1. The van der Waals surface area contributed by atoms with Gasteiger partial charge >= 0.3 is 0 Å². The van der Waals surface area contributed by atoms with Gasteiger partial charge in [-0.15, -0.1) is 0 Å². The standard InChI is InChI=1S/C14H17N3/c1-3-15-10-14-16-8-13(9-17-14)12-6-4-11(2)5-7-12/h4-9,15H,3,10H2,1-2H3. The van der Waals surface area contributed by atoms with E-state index in [9.17, 15) is 0 Å². The van der Waals surface area contributed by atoms with Crippen LogP contribution in [0.4, 0.5) is 0 Å². The van der Waals surface area contributed by atoms with E-state index in [-0.39, 0.29) is 0 Å². The van der Waals surface area contributed by atoms with Crippen LogP contribution in [0, 0.1) is 6.92 Å². The summed E-state index contributed by atoms with van der Waals surface area (Å²) in [4.78, 5) is 8.68. The molecule has 1 heterocycles. The zero-order valence-corrected chi connectivity index (χ0v) is 10.3. The van der Waals surface area contributed by atoms with Crippen molar-refractivity contribution in [2.75, 3.05) is 6.54 Å². The van der Waals surface area contributed by atoms with E-state index in [2.05, 4.69) is 53.4 Å². The van der Waals surface area contributed by atoms with Crippen LogP contribution in [-0.2, 0) is 6.54 Å². The highest BCUT2D eigenvalue weighted by Gasteiger charge is 1.99. The summed E-state index contributed by atoms with van der Waals surface area (Å²) < 4.78 is 0. The maximum absolute atomic E-state index is 4.34. The summed E-state index contributed by atoms with van der Waals surface area (Å²) in [6, 6.07) is 8.39. The molecule has 0 saturated carbocycles. The molecule has 1 N–H and O–H groups in total. The molecule has 88 valence electrons. The molecule has 0 radical (unpaired) electrons. The van der Waals surface area contributed by atoms with Gasteiger partial charge in [0.2, 0.25) is 0 Å². The van der Waals surface area contributed by atoms with Gasteiger partial charge < -0.3 is 5.32 Å². The monoisotopic (exact) mass is 227 g/mol. The van der Waals surface area contributed by atoms with Crippen molar-refractivity contribution in [3.63, 3.8) is 0 Å². The summed E-state index contributed by atoms with van der Waals surface area (Å²) in [6.07, 6.45) is 3.76. The van der Waals surface area contributed by atoms with Crippen LogP contribution in [0.25, 0.3) is 11.1 Å². The molecular weight excluding hydrogens is 210 g/mol. The number of nitrogens with zero attached hydrogens (tertiary/aromatic N) is 2. The van der Waals surface area contributed by atoms with Crippen molar-refractivity contribution in [3.05, 3.63) is 48.0 Å². The molecule has 3 heteroatoms. The predicted octanol–water partition coefficient (Wildman–Crippen LogP) is 2.56. The van der Waals surface area contributed by atoms with Gasteiger partial charge in [0.25, 0.3) is 0 Å². The zero-order chi connectivity index (χ0) is 12.1. The van der Waals surface area contributed by atoms with Crippen LogP contribution < -0.4 is 5.32 Å². The molecule has 3 nitrogen and oxygen atoms in total. The van der Waals surface area contributed by atoms with E-state index < -0.39 is 0 Å². The molecule has 0 atom stereocenters. The number of aryl methyl sites for hydroxylation is 1. The van der Waals surface area contributed by atoms with Gasteiger partial charge in [0.15, 0.2) is 0 Å². The minimum absolute atomic E-state index is 0.727. The van der Waals surface area contributed by atoms with Gasteiger partial charge in [-0.25, -0.2) is 9.97 Å². The summed E-state index contributed by atoms with van der Waals surface area (Å²) in [7, 11) is 0. The van der Waals surface area contributed by atoms with Gasteiger partial charge in [0.1, 0.15) is 5.82 Å². The largest absolute Gasteiger partial charge is 0.310 e. The third kappa shape index (κ3) is 3.11. The first-order valence-electron chi connectivity index (χ1n) is 5.88. The summed E-state index contributed by atoms with van der Waals surface area (Å²) in [5, 5.41) is 3.21. The minimum Gasteiger partial charge on any atom is -0.310 e. The van der Waals surface area contributed by atoms with Crippen LogP contribution in [0.3, 0.4) is 0 Å². The molecular formula is C14H17N3. The Balaban J connectivity index is 2.14. The zero-order valence-electron chi connectivity index (χ0n) is 10.3. The lowest BCUT2D eigenvalue weighted by atomic mass is 10.1. The van der Waals surface area contributed by atoms with Gasteiger partial charge in [0, 0.05) is 18.0 Å². The minimum atomic E-state index is 0.727. The van der Waals surface area contributed by atoms with Crippen molar-refractivity contribution >= 4 is 0 Å². The average molecular weight is 227 g/mol. The average Bonchev–Trinajstić information content (AvgIpc) is 2.38. The second-order valence-electron chi connectivity index (χ2n) is 4.03. The molecule has 0 aliphatic carbocycles. The van der Waals surface area contributed by atoms with Crippen molar-refractivity contribution in [1.29, 1.82) is 0 Å². The van der Waals surface area contributed by atoms with Gasteiger partial charge in [-0.05, 0) is 19.0 Å². The quantitative estimate of drug-likeness (QED) is 0.872. The molecule has 0 fully saturated rings. The van der Waals surface area contributed by atoms with E-state index in [4.69, 9.17) is 0 Å². The van der Waals surface area contributed by atoms with E-state index >= 15 is 0 Å². The molecule has 0 unspecified atom stereocenters. The summed E-state index contributed by atoms with van der Waals surface area (Å²) in [6.45, 7) is 5.81. The topological polar surface area (TPSA) is 37.8 Å². The van der Waals surface area contributed by atoms with Crippen LogP contribution in [0.5, 0.6) is 0 Å². The Morgan fingerprint density at radius 3 is 2.24 bits per heavy atom. The van der Waals surface area contributed by atoms with Crippen LogP contribution >= 0.6 is 0 Å². The third-order valence-electron chi connectivity index (χ3n) is 2.62. The van der Waals surface area contributed by atoms with E-state index in [1.54, 1.807) is 0 Å². The molecule has 0 bridgehead atoms. The normalized spacial score (nSPS) is 10.5. The summed E-state index contributed by atoms with van der Waals surface area (Å²) in [5.74, 6) is 0.836. The molecule has 2 aromatic rings. The van der Waals surface area contributed by atoms with E-state index in [0.29, 0.717) is 0 Å². The van der Waals surface area contributed by atoms with Crippen molar-refractivity contribution in [2.24, 2.45) is 0 Å². The predicted molar refractivity (Wildman–Crippen MR) is 69.6 cm³/mol. The Kier molecular flexibility index (Phi) is 3.83. The highest BCUT2D eigenvalue weighted by Crippen LogP contribution is 2.17. The van der Waals surface area contributed by atoms with Crippen LogP contribution in [0.15, 0.2) is 36.7 Å². The summed E-state index contributed by atoms with van der Waals surface area (Å²) in [5.41, 5.74) is 3.48. The second kappa shape index (κ2) is 5.55. The number of aromatic nitrogens is 2. The second-order valence-corrected chi connectivity index (χ2v) is 4.03. The molecule has 0 aliphatic rings. The van der Waals surface area contributed by atoms with E-state index in [1.165, 1.54) is 5.56 Å². The maximum atomic E-state index is 4.34. The molecule has 1 aromatic heterocycles. The van der Waals surface area contributed by atoms with Crippen molar-refractivity contribution in [3.8, 4) is 11.1 Å². The van der Waals surface area contributed by atoms with Crippen molar-refractivity contribution in [2.45, 2.75) is 20.4 Å². The number of rotatable bonds is 4.